The zero-order valence-corrected chi connectivity index (χ0v) is 14.1. The van der Waals surface area contributed by atoms with Gasteiger partial charge >= 0.3 is 5.97 Å². The van der Waals surface area contributed by atoms with Gasteiger partial charge in [-0.25, -0.2) is 4.79 Å². The van der Waals surface area contributed by atoms with Crippen LogP contribution in [0.25, 0.3) is 0 Å². The summed E-state index contributed by atoms with van der Waals surface area (Å²) < 4.78 is 10.4. The number of nitrogens with one attached hydrogen (secondary N) is 1. The predicted molar refractivity (Wildman–Crippen MR) is 87.6 cm³/mol. The maximum Gasteiger partial charge on any atom is 0.337 e. The topological polar surface area (TPSA) is 67.9 Å². The number of hydrogen-bond donors (Lipinski definition) is 1. The zero-order valence-electron chi connectivity index (χ0n) is 14.1. The van der Waals surface area contributed by atoms with Crippen LogP contribution in [-0.4, -0.2) is 55.7 Å². The summed E-state index contributed by atoms with van der Waals surface area (Å²) in [5.41, 5.74) is 1.95. The van der Waals surface area contributed by atoms with E-state index >= 15 is 0 Å². The Morgan fingerprint density at radius 1 is 1.30 bits per heavy atom. The summed E-state index contributed by atoms with van der Waals surface area (Å²) in [6.07, 6.45) is 0.242. The molecule has 23 heavy (non-hydrogen) atoms. The van der Waals surface area contributed by atoms with Crippen molar-refractivity contribution in [3.63, 3.8) is 0 Å². The number of carbonyl (C=O) groups is 2. The summed E-state index contributed by atoms with van der Waals surface area (Å²) in [4.78, 5) is 26.0. The molecule has 1 aromatic rings. The molecule has 0 radical (unpaired) electrons. The number of carbonyl (C=O) groups excluding carboxylic acids is 2. The molecule has 1 N–H and O–H groups in total. The van der Waals surface area contributed by atoms with E-state index in [2.05, 4.69) is 10.2 Å². The number of anilines is 1. The van der Waals surface area contributed by atoms with Crippen LogP contribution in [0.5, 0.6) is 0 Å². The summed E-state index contributed by atoms with van der Waals surface area (Å²) >= 11 is 0. The van der Waals surface area contributed by atoms with E-state index in [-0.39, 0.29) is 18.1 Å². The molecule has 2 atom stereocenters. The van der Waals surface area contributed by atoms with E-state index in [1.807, 2.05) is 20.8 Å². The van der Waals surface area contributed by atoms with Crippen LogP contribution < -0.4 is 5.32 Å². The number of nitrogens with zero attached hydrogens (tertiary/aromatic N) is 1. The molecular weight excluding hydrogens is 296 g/mol. The summed E-state index contributed by atoms with van der Waals surface area (Å²) in [7, 11) is 1.33. The van der Waals surface area contributed by atoms with Crippen LogP contribution in [0, 0.1) is 6.92 Å². The lowest BCUT2D eigenvalue weighted by atomic mass is 10.1. The fraction of sp³-hybridized carbons (Fsp3) is 0.529. The molecule has 0 unspecified atom stereocenters. The number of ether oxygens (including phenoxy) is 2. The third-order valence-electron chi connectivity index (χ3n) is 3.80. The molecule has 1 amide bonds. The second-order valence-corrected chi connectivity index (χ2v) is 6.02. The molecule has 6 heteroatoms. The number of rotatable bonds is 4. The molecule has 1 aliphatic rings. The third kappa shape index (κ3) is 4.77. The summed E-state index contributed by atoms with van der Waals surface area (Å²) in [6, 6.07) is 5.12. The van der Waals surface area contributed by atoms with E-state index in [0.717, 1.165) is 18.7 Å². The average Bonchev–Trinajstić information content (AvgIpc) is 2.47. The summed E-state index contributed by atoms with van der Waals surface area (Å²) in [6.45, 7) is 7.67. The highest BCUT2D eigenvalue weighted by atomic mass is 16.5. The lowest BCUT2D eigenvalue weighted by Gasteiger charge is -2.34. The highest BCUT2D eigenvalue weighted by Gasteiger charge is 2.23. The van der Waals surface area contributed by atoms with Crippen molar-refractivity contribution < 1.29 is 19.1 Å². The Hall–Kier alpha value is -1.92. The van der Waals surface area contributed by atoms with Gasteiger partial charge in [0.05, 0.1) is 31.4 Å². The Balaban J connectivity index is 2.01. The Morgan fingerprint density at radius 3 is 2.57 bits per heavy atom. The molecule has 126 valence electrons. The van der Waals surface area contributed by atoms with Crippen LogP contribution in [0.2, 0.25) is 0 Å². The molecule has 0 aromatic heterocycles. The summed E-state index contributed by atoms with van der Waals surface area (Å²) in [5, 5.41) is 2.88. The second kappa shape index (κ2) is 7.57. The van der Waals surface area contributed by atoms with Crippen molar-refractivity contribution in [2.24, 2.45) is 0 Å². The minimum atomic E-state index is -0.420. The van der Waals surface area contributed by atoms with Gasteiger partial charge in [-0.05, 0) is 38.5 Å². The van der Waals surface area contributed by atoms with E-state index < -0.39 is 5.97 Å². The first-order chi connectivity index (χ1) is 10.9. The quantitative estimate of drug-likeness (QED) is 0.857. The van der Waals surface area contributed by atoms with Gasteiger partial charge in [0.1, 0.15) is 0 Å². The first-order valence-electron chi connectivity index (χ1n) is 7.75. The maximum atomic E-state index is 12.3. The molecule has 1 aromatic carbocycles. The first kappa shape index (κ1) is 17.4. The number of amides is 1. The average molecular weight is 320 g/mol. The number of methoxy groups -OCH3 is 1. The molecule has 1 aliphatic heterocycles. The molecule has 2 rings (SSSR count). The van der Waals surface area contributed by atoms with Gasteiger partial charge < -0.3 is 14.8 Å². The molecule has 1 fully saturated rings. The normalized spacial score (nSPS) is 21.7. The lowest BCUT2D eigenvalue weighted by Crippen LogP contribution is -2.48. The van der Waals surface area contributed by atoms with Gasteiger partial charge in [0, 0.05) is 18.8 Å². The fourth-order valence-corrected chi connectivity index (χ4v) is 2.81. The molecule has 0 bridgehead atoms. The van der Waals surface area contributed by atoms with Crippen molar-refractivity contribution in [1.29, 1.82) is 0 Å². The maximum absolute atomic E-state index is 12.3. The van der Waals surface area contributed by atoms with E-state index in [4.69, 9.17) is 9.47 Å². The standard InChI is InChI=1S/C17H24N2O4/c1-11-5-6-14(17(21)22-4)7-15(11)18-16(20)10-19-8-12(2)23-13(3)9-19/h5-7,12-13H,8-10H2,1-4H3,(H,18,20)/t12-,13-/m0/s1. The van der Waals surface area contributed by atoms with Crippen molar-refractivity contribution >= 4 is 17.6 Å². The van der Waals surface area contributed by atoms with Crippen LogP contribution >= 0.6 is 0 Å². The highest BCUT2D eigenvalue weighted by molar-refractivity contribution is 5.96. The smallest absolute Gasteiger partial charge is 0.337 e. The minimum absolute atomic E-state index is 0.101. The van der Waals surface area contributed by atoms with Crippen molar-refractivity contribution in [2.45, 2.75) is 33.0 Å². The van der Waals surface area contributed by atoms with E-state index in [0.29, 0.717) is 17.8 Å². The Bertz CT molecular complexity index is 578. The van der Waals surface area contributed by atoms with Crippen molar-refractivity contribution in [3.8, 4) is 0 Å². The lowest BCUT2D eigenvalue weighted by molar-refractivity contribution is -0.121. The van der Waals surface area contributed by atoms with E-state index in [1.54, 1.807) is 18.2 Å². The number of aryl methyl sites for hydroxylation is 1. The largest absolute Gasteiger partial charge is 0.465 e. The highest BCUT2D eigenvalue weighted by Crippen LogP contribution is 2.18. The Kier molecular flexibility index (Phi) is 5.74. The zero-order chi connectivity index (χ0) is 17.0. The van der Waals surface area contributed by atoms with Gasteiger partial charge in [-0.1, -0.05) is 6.07 Å². The number of morpholine rings is 1. The van der Waals surface area contributed by atoms with Crippen molar-refractivity contribution in [1.82, 2.24) is 4.90 Å². The molecule has 6 nitrogen and oxygen atoms in total. The minimum Gasteiger partial charge on any atom is -0.465 e. The van der Waals surface area contributed by atoms with Crippen LogP contribution in [0.15, 0.2) is 18.2 Å². The van der Waals surface area contributed by atoms with Gasteiger partial charge in [-0.2, -0.15) is 0 Å². The molecule has 0 spiro atoms. The van der Waals surface area contributed by atoms with Gasteiger partial charge in [0.15, 0.2) is 0 Å². The third-order valence-corrected chi connectivity index (χ3v) is 3.80. The number of benzene rings is 1. The molecule has 0 saturated carbocycles. The Labute approximate surface area is 136 Å². The van der Waals surface area contributed by atoms with E-state index in [1.165, 1.54) is 7.11 Å². The van der Waals surface area contributed by atoms with Crippen LogP contribution in [0.1, 0.15) is 29.8 Å². The van der Waals surface area contributed by atoms with Crippen LogP contribution in [-0.2, 0) is 14.3 Å². The first-order valence-corrected chi connectivity index (χ1v) is 7.75. The SMILES string of the molecule is COC(=O)c1ccc(C)c(NC(=O)CN2C[C@H](C)O[C@@H](C)C2)c1. The number of esters is 1. The summed E-state index contributed by atoms with van der Waals surface area (Å²) in [5.74, 6) is -0.521. The molecule has 0 aliphatic carbocycles. The fourth-order valence-electron chi connectivity index (χ4n) is 2.81. The molecule has 1 heterocycles. The van der Waals surface area contributed by atoms with Crippen LogP contribution in [0.4, 0.5) is 5.69 Å². The van der Waals surface area contributed by atoms with Crippen molar-refractivity contribution in [2.75, 3.05) is 32.1 Å². The predicted octanol–water partition coefficient (Wildman–Crippen LogP) is 1.83. The monoisotopic (exact) mass is 320 g/mol. The van der Waals surface area contributed by atoms with Crippen LogP contribution in [0.3, 0.4) is 0 Å². The second-order valence-electron chi connectivity index (χ2n) is 6.02. The Morgan fingerprint density at radius 2 is 1.96 bits per heavy atom. The molecule has 1 saturated heterocycles. The van der Waals surface area contributed by atoms with Gasteiger partial charge in [0.25, 0.3) is 0 Å². The number of hydrogen-bond acceptors (Lipinski definition) is 5. The van der Waals surface area contributed by atoms with Gasteiger partial charge in [-0.15, -0.1) is 0 Å². The van der Waals surface area contributed by atoms with E-state index in [9.17, 15) is 9.59 Å². The van der Waals surface area contributed by atoms with Gasteiger partial charge in [-0.3, -0.25) is 9.69 Å². The van der Waals surface area contributed by atoms with Crippen molar-refractivity contribution in [3.05, 3.63) is 29.3 Å². The molecular formula is C17H24N2O4. The van der Waals surface area contributed by atoms with Gasteiger partial charge in [0.2, 0.25) is 5.91 Å².